The second-order valence-corrected chi connectivity index (χ2v) is 4.89. The third-order valence-electron chi connectivity index (χ3n) is 3.32. The molecule has 1 N–H and O–H groups in total. The van der Waals surface area contributed by atoms with Gasteiger partial charge in [0.2, 0.25) is 5.91 Å². The minimum absolute atomic E-state index is 0.142. The van der Waals surface area contributed by atoms with Gasteiger partial charge in [-0.05, 0) is 22.4 Å². The van der Waals surface area contributed by atoms with Crippen molar-refractivity contribution in [2.75, 3.05) is 0 Å². The average Bonchev–Trinajstić information content (AvgIpc) is 2.56. The van der Waals surface area contributed by atoms with Gasteiger partial charge in [0.05, 0.1) is 12.6 Å². The summed E-state index contributed by atoms with van der Waals surface area (Å²) < 4.78 is 0. The number of hydrogen-bond acceptors (Lipinski definition) is 3. The molecule has 0 aliphatic rings. The summed E-state index contributed by atoms with van der Waals surface area (Å²) in [5.74, 6) is -0.142. The number of hydrazone groups is 1. The Hall–Kier alpha value is -3.01. The number of carbonyl (C=O) groups is 1. The Morgan fingerprint density at radius 1 is 1.09 bits per heavy atom. The number of pyridine rings is 1. The van der Waals surface area contributed by atoms with Crippen LogP contribution in [0.4, 0.5) is 0 Å². The van der Waals surface area contributed by atoms with Crippen molar-refractivity contribution >= 4 is 22.9 Å². The van der Waals surface area contributed by atoms with E-state index in [2.05, 4.69) is 15.5 Å². The standard InChI is InChI=1S/C18H15N3O/c22-18(21-20-13-14-5-4-10-19-12-14)11-16-8-3-7-15-6-1-2-9-17(15)16/h1-10,12-13H,11H2,(H,21,22). The molecule has 0 atom stereocenters. The molecule has 0 aliphatic heterocycles. The van der Waals surface area contributed by atoms with Crippen molar-refractivity contribution in [3.63, 3.8) is 0 Å². The van der Waals surface area contributed by atoms with Gasteiger partial charge in [-0.3, -0.25) is 9.78 Å². The zero-order valence-electron chi connectivity index (χ0n) is 11.9. The van der Waals surface area contributed by atoms with E-state index < -0.39 is 0 Å². The quantitative estimate of drug-likeness (QED) is 0.593. The van der Waals surface area contributed by atoms with E-state index in [0.717, 1.165) is 21.9 Å². The summed E-state index contributed by atoms with van der Waals surface area (Å²) in [5.41, 5.74) is 4.38. The van der Waals surface area contributed by atoms with E-state index in [9.17, 15) is 4.79 Å². The first-order valence-corrected chi connectivity index (χ1v) is 7.01. The van der Waals surface area contributed by atoms with Crippen LogP contribution in [-0.2, 0) is 11.2 Å². The second kappa shape index (κ2) is 6.63. The molecule has 4 nitrogen and oxygen atoms in total. The van der Waals surface area contributed by atoms with E-state index in [-0.39, 0.29) is 5.91 Å². The first kappa shape index (κ1) is 13.9. The Bertz CT molecular complexity index is 807. The summed E-state index contributed by atoms with van der Waals surface area (Å²) >= 11 is 0. The number of carbonyl (C=O) groups excluding carboxylic acids is 1. The van der Waals surface area contributed by atoms with Crippen molar-refractivity contribution in [1.29, 1.82) is 0 Å². The predicted octanol–water partition coefficient (Wildman–Crippen LogP) is 2.93. The molecule has 1 amide bonds. The third-order valence-corrected chi connectivity index (χ3v) is 3.32. The van der Waals surface area contributed by atoms with Crippen molar-refractivity contribution in [2.45, 2.75) is 6.42 Å². The van der Waals surface area contributed by atoms with Crippen LogP contribution in [0, 0.1) is 0 Å². The lowest BCUT2D eigenvalue weighted by Gasteiger charge is -2.05. The molecule has 3 rings (SSSR count). The van der Waals surface area contributed by atoms with Gasteiger partial charge in [0.1, 0.15) is 0 Å². The summed E-state index contributed by atoms with van der Waals surface area (Å²) in [5, 5.41) is 6.18. The number of aromatic nitrogens is 1. The van der Waals surface area contributed by atoms with Crippen molar-refractivity contribution in [1.82, 2.24) is 10.4 Å². The average molecular weight is 289 g/mol. The number of rotatable bonds is 4. The van der Waals surface area contributed by atoms with Gasteiger partial charge in [0.15, 0.2) is 0 Å². The number of amides is 1. The minimum atomic E-state index is -0.142. The van der Waals surface area contributed by atoms with Crippen LogP contribution in [0.15, 0.2) is 72.1 Å². The molecule has 1 aromatic heterocycles. The lowest BCUT2D eigenvalue weighted by Crippen LogP contribution is -2.19. The summed E-state index contributed by atoms with van der Waals surface area (Å²) in [4.78, 5) is 16.0. The molecule has 0 radical (unpaired) electrons. The first-order chi connectivity index (χ1) is 10.8. The molecule has 0 saturated carbocycles. The highest BCUT2D eigenvalue weighted by Crippen LogP contribution is 2.18. The van der Waals surface area contributed by atoms with Crippen LogP contribution >= 0.6 is 0 Å². The van der Waals surface area contributed by atoms with Crippen LogP contribution in [0.3, 0.4) is 0 Å². The molecule has 0 spiro atoms. The van der Waals surface area contributed by atoms with Crippen LogP contribution in [-0.4, -0.2) is 17.1 Å². The lowest BCUT2D eigenvalue weighted by atomic mass is 10.0. The number of nitrogens with zero attached hydrogens (tertiary/aromatic N) is 2. The van der Waals surface area contributed by atoms with E-state index in [1.807, 2.05) is 54.6 Å². The van der Waals surface area contributed by atoms with E-state index >= 15 is 0 Å². The van der Waals surface area contributed by atoms with E-state index in [0.29, 0.717) is 6.42 Å². The highest BCUT2D eigenvalue weighted by Gasteiger charge is 2.05. The van der Waals surface area contributed by atoms with Crippen LogP contribution in [0.25, 0.3) is 10.8 Å². The van der Waals surface area contributed by atoms with Gasteiger partial charge >= 0.3 is 0 Å². The van der Waals surface area contributed by atoms with Crippen molar-refractivity contribution < 1.29 is 4.79 Å². The summed E-state index contributed by atoms with van der Waals surface area (Å²) in [6.07, 6.45) is 5.25. The maximum Gasteiger partial charge on any atom is 0.244 e. The predicted molar refractivity (Wildman–Crippen MR) is 87.6 cm³/mol. The largest absolute Gasteiger partial charge is 0.273 e. The van der Waals surface area contributed by atoms with E-state index in [4.69, 9.17) is 0 Å². The maximum absolute atomic E-state index is 12.0. The van der Waals surface area contributed by atoms with E-state index in [1.165, 1.54) is 0 Å². The normalized spacial score (nSPS) is 10.9. The molecular formula is C18H15N3O. The molecule has 3 aromatic rings. The van der Waals surface area contributed by atoms with Gasteiger partial charge in [-0.25, -0.2) is 5.43 Å². The number of benzene rings is 2. The van der Waals surface area contributed by atoms with Crippen molar-refractivity contribution in [3.05, 3.63) is 78.1 Å². The van der Waals surface area contributed by atoms with Crippen molar-refractivity contribution in [3.8, 4) is 0 Å². The third kappa shape index (κ3) is 3.35. The lowest BCUT2D eigenvalue weighted by molar-refractivity contribution is -0.120. The minimum Gasteiger partial charge on any atom is -0.273 e. The molecule has 0 fully saturated rings. The summed E-state index contributed by atoms with van der Waals surface area (Å²) in [6, 6.07) is 17.7. The van der Waals surface area contributed by atoms with Crippen LogP contribution in [0.2, 0.25) is 0 Å². The highest BCUT2D eigenvalue weighted by atomic mass is 16.2. The number of hydrogen-bond donors (Lipinski definition) is 1. The van der Waals surface area contributed by atoms with Gasteiger partial charge in [0, 0.05) is 18.0 Å². The van der Waals surface area contributed by atoms with Gasteiger partial charge in [0.25, 0.3) is 0 Å². The zero-order valence-corrected chi connectivity index (χ0v) is 11.9. The first-order valence-electron chi connectivity index (χ1n) is 7.01. The Labute approximate surface area is 128 Å². The van der Waals surface area contributed by atoms with Crippen molar-refractivity contribution in [2.24, 2.45) is 5.10 Å². The van der Waals surface area contributed by atoms with Crippen LogP contribution in [0.5, 0.6) is 0 Å². The highest BCUT2D eigenvalue weighted by molar-refractivity contribution is 5.90. The molecule has 4 heteroatoms. The number of fused-ring (bicyclic) bond motifs is 1. The Morgan fingerprint density at radius 2 is 1.95 bits per heavy atom. The second-order valence-electron chi connectivity index (χ2n) is 4.89. The topological polar surface area (TPSA) is 54.4 Å². The molecule has 0 aliphatic carbocycles. The SMILES string of the molecule is O=C(Cc1cccc2ccccc12)NN=Cc1cccnc1. The Balaban J connectivity index is 1.67. The molecular weight excluding hydrogens is 274 g/mol. The molecule has 0 saturated heterocycles. The molecule has 2 aromatic carbocycles. The molecule has 1 heterocycles. The summed E-state index contributed by atoms with van der Waals surface area (Å²) in [7, 11) is 0. The summed E-state index contributed by atoms with van der Waals surface area (Å²) in [6.45, 7) is 0. The smallest absolute Gasteiger partial charge is 0.244 e. The number of nitrogens with one attached hydrogen (secondary N) is 1. The Kier molecular flexibility index (Phi) is 4.20. The molecule has 22 heavy (non-hydrogen) atoms. The Morgan fingerprint density at radius 3 is 2.82 bits per heavy atom. The van der Waals surface area contributed by atoms with Gasteiger partial charge in [-0.15, -0.1) is 0 Å². The maximum atomic E-state index is 12.0. The van der Waals surface area contributed by atoms with Crippen LogP contribution in [0.1, 0.15) is 11.1 Å². The molecule has 0 unspecified atom stereocenters. The molecule has 108 valence electrons. The van der Waals surface area contributed by atoms with Gasteiger partial charge < -0.3 is 0 Å². The zero-order chi connectivity index (χ0) is 15.2. The fourth-order valence-electron chi connectivity index (χ4n) is 2.29. The van der Waals surface area contributed by atoms with Crippen LogP contribution < -0.4 is 5.43 Å². The fourth-order valence-corrected chi connectivity index (χ4v) is 2.29. The van der Waals surface area contributed by atoms with Gasteiger partial charge in [-0.2, -0.15) is 5.10 Å². The fraction of sp³-hybridized carbons (Fsp3) is 0.0556. The van der Waals surface area contributed by atoms with Gasteiger partial charge in [-0.1, -0.05) is 48.5 Å². The van der Waals surface area contributed by atoms with E-state index in [1.54, 1.807) is 18.6 Å². The monoisotopic (exact) mass is 289 g/mol. The molecule has 0 bridgehead atoms.